The first-order chi connectivity index (χ1) is 15.4. The maximum atomic E-state index is 11.9. The molecule has 0 saturated heterocycles. The highest BCUT2D eigenvalue weighted by Gasteiger charge is 2.17. The van der Waals surface area contributed by atoms with Crippen LogP contribution in [0.15, 0.2) is 54.7 Å². The van der Waals surface area contributed by atoms with Crippen LogP contribution < -0.4 is 22.2 Å². The highest BCUT2D eigenvalue weighted by molar-refractivity contribution is 6.58. The standard InChI is InChI=1S/C22H23BN6O3/c1-13-11-27-22(28-21(13)26-12-14-4-2-5-15(8-14)23(31)32)29-16(10-24)9-18-17(20(25)30)6-3-7-19(18)29/h2-9,11,31-32H,10,12,24H2,1H3,(H2,25,30)(H,26,27,28). The van der Waals surface area contributed by atoms with Gasteiger partial charge in [-0.15, -0.1) is 0 Å². The van der Waals surface area contributed by atoms with Gasteiger partial charge >= 0.3 is 7.12 Å². The summed E-state index contributed by atoms with van der Waals surface area (Å²) in [6, 6.07) is 14.1. The number of benzene rings is 2. The molecule has 162 valence electrons. The Bertz CT molecular complexity index is 1300. The minimum Gasteiger partial charge on any atom is -0.423 e. The van der Waals surface area contributed by atoms with E-state index in [1.807, 2.05) is 29.7 Å². The second-order valence-corrected chi connectivity index (χ2v) is 7.45. The second kappa shape index (κ2) is 8.79. The summed E-state index contributed by atoms with van der Waals surface area (Å²) < 4.78 is 1.81. The van der Waals surface area contributed by atoms with E-state index in [0.717, 1.165) is 22.3 Å². The van der Waals surface area contributed by atoms with E-state index in [-0.39, 0.29) is 6.54 Å². The molecule has 32 heavy (non-hydrogen) atoms. The van der Waals surface area contributed by atoms with Gasteiger partial charge in [0.25, 0.3) is 0 Å². The summed E-state index contributed by atoms with van der Waals surface area (Å²) in [5.41, 5.74) is 15.5. The van der Waals surface area contributed by atoms with Gasteiger partial charge in [-0.2, -0.15) is 4.98 Å². The molecule has 0 unspecified atom stereocenters. The third-order valence-corrected chi connectivity index (χ3v) is 5.26. The average Bonchev–Trinajstić information content (AvgIpc) is 3.17. The number of hydrogen-bond donors (Lipinski definition) is 5. The van der Waals surface area contributed by atoms with Crippen molar-refractivity contribution in [1.29, 1.82) is 0 Å². The van der Waals surface area contributed by atoms with Crippen molar-refractivity contribution in [3.8, 4) is 5.95 Å². The number of rotatable bonds is 7. The van der Waals surface area contributed by atoms with Crippen LogP contribution in [0.25, 0.3) is 16.9 Å². The predicted octanol–water partition coefficient (Wildman–Crippen LogP) is 0.578. The van der Waals surface area contributed by atoms with E-state index >= 15 is 0 Å². The molecule has 1 amide bonds. The zero-order chi connectivity index (χ0) is 22.8. The zero-order valence-corrected chi connectivity index (χ0v) is 17.5. The van der Waals surface area contributed by atoms with Gasteiger partial charge < -0.3 is 26.8 Å². The van der Waals surface area contributed by atoms with E-state index in [0.29, 0.717) is 34.7 Å². The Morgan fingerprint density at radius 1 is 1.19 bits per heavy atom. The topological polar surface area (TPSA) is 152 Å². The van der Waals surface area contributed by atoms with Crippen molar-refractivity contribution >= 4 is 35.2 Å². The lowest BCUT2D eigenvalue weighted by atomic mass is 9.80. The molecule has 0 radical (unpaired) electrons. The molecule has 2 aromatic carbocycles. The maximum absolute atomic E-state index is 11.9. The molecule has 0 saturated carbocycles. The van der Waals surface area contributed by atoms with E-state index in [1.54, 1.807) is 36.5 Å². The molecule has 0 bridgehead atoms. The molecule has 2 heterocycles. The highest BCUT2D eigenvalue weighted by Crippen LogP contribution is 2.26. The third-order valence-electron chi connectivity index (χ3n) is 5.26. The van der Waals surface area contributed by atoms with E-state index in [1.165, 1.54) is 0 Å². The smallest absolute Gasteiger partial charge is 0.423 e. The Hall–Kier alpha value is -3.73. The van der Waals surface area contributed by atoms with Gasteiger partial charge in [0, 0.05) is 41.5 Å². The fourth-order valence-electron chi connectivity index (χ4n) is 3.66. The molecule has 10 heteroatoms. The first-order valence-corrected chi connectivity index (χ1v) is 10.0. The maximum Gasteiger partial charge on any atom is 0.488 e. The van der Waals surface area contributed by atoms with Crippen molar-refractivity contribution < 1.29 is 14.8 Å². The average molecular weight is 430 g/mol. The van der Waals surface area contributed by atoms with Gasteiger partial charge in [-0.05, 0) is 36.1 Å². The van der Waals surface area contributed by atoms with E-state index in [9.17, 15) is 14.8 Å². The van der Waals surface area contributed by atoms with Gasteiger partial charge in [-0.25, -0.2) is 4.98 Å². The first-order valence-electron chi connectivity index (χ1n) is 10.0. The minimum atomic E-state index is -1.52. The predicted molar refractivity (Wildman–Crippen MR) is 124 cm³/mol. The summed E-state index contributed by atoms with van der Waals surface area (Å²) in [6.45, 7) is 2.55. The number of aromatic nitrogens is 3. The molecule has 7 N–H and O–H groups in total. The number of carbonyl (C=O) groups is 1. The van der Waals surface area contributed by atoms with Crippen molar-refractivity contribution in [2.24, 2.45) is 11.5 Å². The quantitative estimate of drug-likeness (QED) is 0.269. The van der Waals surface area contributed by atoms with Crippen molar-refractivity contribution in [2.45, 2.75) is 20.0 Å². The Morgan fingerprint density at radius 2 is 1.97 bits per heavy atom. The molecule has 9 nitrogen and oxygen atoms in total. The van der Waals surface area contributed by atoms with Crippen molar-refractivity contribution in [3.63, 3.8) is 0 Å². The lowest BCUT2D eigenvalue weighted by Gasteiger charge is -2.13. The van der Waals surface area contributed by atoms with Crippen molar-refractivity contribution in [1.82, 2.24) is 14.5 Å². The lowest BCUT2D eigenvalue weighted by Crippen LogP contribution is -2.30. The van der Waals surface area contributed by atoms with Crippen LogP contribution in [0.5, 0.6) is 0 Å². The van der Waals surface area contributed by atoms with Crippen LogP contribution in [0.1, 0.15) is 27.2 Å². The normalized spacial score (nSPS) is 11.0. The Labute approximate surface area is 184 Å². The molecular formula is C22H23BN6O3. The molecule has 0 fully saturated rings. The van der Waals surface area contributed by atoms with Crippen LogP contribution in [-0.2, 0) is 13.1 Å². The largest absolute Gasteiger partial charge is 0.488 e. The highest BCUT2D eigenvalue weighted by atomic mass is 16.4. The number of anilines is 1. The number of carbonyl (C=O) groups excluding carboxylic acids is 1. The minimum absolute atomic E-state index is 0.225. The number of nitrogens with zero attached hydrogens (tertiary/aromatic N) is 3. The van der Waals surface area contributed by atoms with Crippen LogP contribution in [-0.4, -0.2) is 37.6 Å². The van der Waals surface area contributed by atoms with Gasteiger partial charge in [0.2, 0.25) is 11.9 Å². The Balaban J connectivity index is 1.72. The SMILES string of the molecule is Cc1cnc(-n2c(CN)cc3c(C(N)=O)cccc32)nc1NCc1cccc(B(O)O)c1. The van der Waals surface area contributed by atoms with Crippen LogP contribution in [0, 0.1) is 6.92 Å². The summed E-state index contributed by atoms with van der Waals surface area (Å²) in [7, 11) is -1.52. The molecule has 0 atom stereocenters. The number of amides is 1. The van der Waals surface area contributed by atoms with Crippen LogP contribution in [0.2, 0.25) is 0 Å². The molecule has 4 aromatic rings. The fourth-order valence-corrected chi connectivity index (χ4v) is 3.66. The molecule has 0 spiro atoms. The van der Waals surface area contributed by atoms with Gasteiger partial charge in [-0.1, -0.05) is 30.3 Å². The molecule has 0 aliphatic carbocycles. The number of hydrogen-bond acceptors (Lipinski definition) is 7. The number of nitrogens with one attached hydrogen (secondary N) is 1. The van der Waals surface area contributed by atoms with Gasteiger partial charge in [0.1, 0.15) is 5.82 Å². The van der Waals surface area contributed by atoms with Crippen LogP contribution >= 0.6 is 0 Å². The Kier molecular flexibility index (Phi) is 5.91. The second-order valence-electron chi connectivity index (χ2n) is 7.45. The fraction of sp³-hybridized carbons (Fsp3) is 0.136. The van der Waals surface area contributed by atoms with Gasteiger partial charge in [0.05, 0.1) is 5.52 Å². The summed E-state index contributed by atoms with van der Waals surface area (Å²) in [5.74, 6) is 0.522. The van der Waals surface area contributed by atoms with E-state index in [2.05, 4.69) is 10.3 Å². The van der Waals surface area contributed by atoms with E-state index in [4.69, 9.17) is 16.5 Å². The van der Waals surface area contributed by atoms with Crippen LogP contribution in [0.4, 0.5) is 5.82 Å². The summed E-state index contributed by atoms with van der Waals surface area (Å²) in [5, 5.41) is 22.7. The number of nitrogens with two attached hydrogens (primary N) is 2. The number of fused-ring (bicyclic) bond motifs is 1. The van der Waals surface area contributed by atoms with Gasteiger partial charge in [-0.3, -0.25) is 9.36 Å². The molecule has 0 aliphatic heterocycles. The van der Waals surface area contributed by atoms with Crippen molar-refractivity contribution in [2.75, 3.05) is 5.32 Å². The van der Waals surface area contributed by atoms with Gasteiger partial charge in [0.15, 0.2) is 0 Å². The zero-order valence-electron chi connectivity index (χ0n) is 17.5. The summed E-state index contributed by atoms with van der Waals surface area (Å²) >= 11 is 0. The van der Waals surface area contributed by atoms with Crippen LogP contribution in [0.3, 0.4) is 0 Å². The van der Waals surface area contributed by atoms with E-state index < -0.39 is 13.0 Å². The number of primary amides is 1. The monoisotopic (exact) mass is 430 g/mol. The molecule has 2 aromatic heterocycles. The first kappa shape index (κ1) is 21.5. The lowest BCUT2D eigenvalue weighted by molar-refractivity contribution is 0.100. The molecule has 0 aliphatic rings. The molecular weight excluding hydrogens is 407 g/mol. The van der Waals surface area contributed by atoms with Crippen molar-refractivity contribution in [3.05, 3.63) is 77.1 Å². The Morgan fingerprint density at radius 3 is 2.69 bits per heavy atom. The molecule has 4 rings (SSSR count). The third kappa shape index (κ3) is 4.06. The summed E-state index contributed by atoms with van der Waals surface area (Å²) in [6.07, 6.45) is 1.71. The summed E-state index contributed by atoms with van der Waals surface area (Å²) in [4.78, 5) is 21.0. The number of aryl methyl sites for hydroxylation is 1.